The van der Waals surface area contributed by atoms with Gasteiger partial charge in [-0.25, -0.2) is 0 Å². The second kappa shape index (κ2) is 27.5. The van der Waals surface area contributed by atoms with Gasteiger partial charge < -0.3 is 32.2 Å². The number of aliphatic hydroxyl groups excluding tert-OH is 1. The molecule has 3 aromatic rings. The van der Waals surface area contributed by atoms with Gasteiger partial charge in [-0.05, 0) is 31.5 Å². The summed E-state index contributed by atoms with van der Waals surface area (Å²) >= 11 is 0. The molecule has 14 nitrogen and oxygen atoms in total. The van der Waals surface area contributed by atoms with Crippen LogP contribution in [0, 0.1) is 25.2 Å². The van der Waals surface area contributed by atoms with Gasteiger partial charge in [0.25, 0.3) is 0 Å². The van der Waals surface area contributed by atoms with Crippen molar-refractivity contribution in [1.29, 1.82) is 0 Å². The average Bonchev–Trinajstić information content (AvgIpc) is 3.73. The maximum atomic E-state index is 10.4. The second-order valence-corrected chi connectivity index (χ2v) is 8.70. The van der Waals surface area contributed by atoms with E-state index in [9.17, 15) is 14.4 Å². The molecule has 0 amide bonds. The quantitative estimate of drug-likeness (QED) is 0.166. The third kappa shape index (κ3) is 22.8. The summed E-state index contributed by atoms with van der Waals surface area (Å²) in [6.07, 6.45) is 11.6. The molecule has 4 N–H and O–H groups in total. The molecule has 0 aliphatic carbocycles. The third-order valence-electron chi connectivity index (χ3n) is 5.07. The van der Waals surface area contributed by atoms with Crippen LogP contribution >= 0.6 is 0 Å². The zero-order chi connectivity index (χ0) is 29.0. The summed E-state index contributed by atoms with van der Waals surface area (Å²) in [6, 6.07) is 5.38. The van der Waals surface area contributed by atoms with Gasteiger partial charge in [-0.1, -0.05) is 28.7 Å². The van der Waals surface area contributed by atoms with E-state index in [2.05, 4.69) is 25.1 Å². The maximum absolute atomic E-state index is 10.4. The Bertz CT molecular complexity index is 961. The van der Waals surface area contributed by atoms with Crippen LogP contribution in [0.1, 0.15) is 48.5 Å². The number of aliphatic carboxylic acids is 2. The molecule has 43 heavy (non-hydrogen) atoms. The SMILES string of the molecule is C.C.C[C@@H](Cn1cccn1)C(=O)O.C[C@@H](Cn1cccn1)C(=O)O.C[C@H]1COC1=O.OC1CCCO1.[CH3-].[Pd].c1cn[nH]c1. The molecule has 2 aliphatic rings. The third-order valence-corrected chi connectivity index (χ3v) is 5.07. The number of cyclic esters (lactones) is 1. The Morgan fingerprint density at radius 3 is 1.65 bits per heavy atom. The van der Waals surface area contributed by atoms with Gasteiger partial charge in [-0.3, -0.25) is 28.8 Å². The molecule has 3 aromatic heterocycles. The second-order valence-electron chi connectivity index (χ2n) is 8.70. The first-order valence-corrected chi connectivity index (χ1v) is 12.4. The normalized spacial score (nSPS) is 16.7. The van der Waals surface area contributed by atoms with Crippen LogP contribution in [0.5, 0.6) is 0 Å². The Hall–Kier alpha value is -3.38. The zero-order valence-corrected chi connectivity index (χ0v) is 25.2. The number of aliphatic hydroxyl groups is 1. The Morgan fingerprint density at radius 2 is 1.49 bits per heavy atom. The molecule has 0 spiro atoms. The van der Waals surface area contributed by atoms with Gasteiger partial charge >= 0.3 is 17.9 Å². The summed E-state index contributed by atoms with van der Waals surface area (Å²) < 4.78 is 12.3. The van der Waals surface area contributed by atoms with Crippen molar-refractivity contribution < 1.29 is 59.6 Å². The van der Waals surface area contributed by atoms with E-state index in [0.717, 1.165) is 19.4 Å². The summed E-state index contributed by atoms with van der Waals surface area (Å²) in [4.78, 5) is 30.8. The first-order chi connectivity index (χ1) is 18.6. The summed E-state index contributed by atoms with van der Waals surface area (Å²) in [5, 5.41) is 39.6. The van der Waals surface area contributed by atoms with Gasteiger partial charge in [0.1, 0.15) is 6.61 Å². The molecular formula is C28H49N6O8Pd-. The average molecular weight is 704 g/mol. The number of nitrogens with zero attached hydrogens (tertiary/aromatic N) is 5. The van der Waals surface area contributed by atoms with Crippen molar-refractivity contribution in [3.05, 3.63) is 62.8 Å². The number of carbonyl (C=O) groups excluding carboxylic acids is 1. The van der Waals surface area contributed by atoms with Crippen LogP contribution in [0.15, 0.2) is 55.4 Å². The maximum Gasteiger partial charge on any atom is 0.312 e. The summed E-state index contributed by atoms with van der Waals surface area (Å²) in [7, 11) is 0. The molecule has 4 atom stereocenters. The number of carboxylic acid groups (broad SMARTS) is 2. The van der Waals surface area contributed by atoms with E-state index in [4.69, 9.17) is 20.1 Å². The Balaban J connectivity index is -0.000000223. The molecule has 0 saturated carbocycles. The van der Waals surface area contributed by atoms with Crippen LogP contribution in [0.4, 0.5) is 0 Å². The molecule has 0 bridgehead atoms. The minimum absolute atomic E-state index is 0. The fraction of sp³-hybridized carbons (Fsp3) is 0.536. The standard InChI is InChI=1S/2C7H10N2O2.C4H6O2.C4H8O2.C3H4N2.2CH4.CH3.Pd/c2*1-6(7(10)11)5-9-4-2-3-8-9;1-3-2-6-4(3)5;5-4-2-1-3-6-4;1-2-4-5-3-1;;;;/h2*2-4,6H,5H2,1H3,(H,10,11);3H,2H2,1H3;4-5H,1-3H2;1-3H,(H,4,5);2*1H4;1H3;/q;;;;;;;-1;/t2*6-;3-;;;;;;/m000....../s1. The number of rotatable bonds is 6. The molecule has 250 valence electrons. The largest absolute Gasteiger partial charge is 0.481 e. The van der Waals surface area contributed by atoms with Crippen molar-refractivity contribution >= 4 is 17.9 Å². The summed E-state index contributed by atoms with van der Waals surface area (Å²) in [5.41, 5.74) is 0. The molecule has 2 aliphatic heterocycles. The molecular weight excluding hydrogens is 655 g/mol. The van der Waals surface area contributed by atoms with Crippen LogP contribution in [0.2, 0.25) is 0 Å². The topological polar surface area (TPSA) is 195 Å². The monoisotopic (exact) mass is 703 g/mol. The number of ether oxygens (including phenoxy) is 2. The van der Waals surface area contributed by atoms with Crippen LogP contribution in [-0.2, 0) is 57.4 Å². The predicted octanol–water partition coefficient (Wildman–Crippen LogP) is 3.63. The Morgan fingerprint density at radius 1 is 1.00 bits per heavy atom. The molecule has 2 saturated heterocycles. The van der Waals surface area contributed by atoms with Crippen LogP contribution in [-0.4, -0.2) is 82.5 Å². The first-order valence-electron chi connectivity index (χ1n) is 12.4. The van der Waals surface area contributed by atoms with E-state index in [1.807, 2.05) is 13.0 Å². The van der Waals surface area contributed by atoms with E-state index in [1.165, 1.54) is 0 Å². The van der Waals surface area contributed by atoms with Crippen LogP contribution in [0.25, 0.3) is 0 Å². The molecule has 0 radical (unpaired) electrons. The van der Waals surface area contributed by atoms with Crippen molar-refractivity contribution in [2.75, 3.05) is 13.2 Å². The van der Waals surface area contributed by atoms with E-state index in [-0.39, 0.29) is 66.4 Å². The van der Waals surface area contributed by atoms with Gasteiger partial charge in [-0.2, -0.15) is 15.3 Å². The van der Waals surface area contributed by atoms with Gasteiger partial charge in [0.2, 0.25) is 0 Å². The first kappa shape index (κ1) is 46.6. The molecule has 5 rings (SSSR count). The zero-order valence-electron chi connectivity index (χ0n) is 23.7. The van der Waals surface area contributed by atoms with Crippen molar-refractivity contribution in [3.8, 4) is 0 Å². The molecule has 0 aromatic carbocycles. The Labute approximate surface area is 268 Å². The van der Waals surface area contributed by atoms with Gasteiger partial charge in [0.15, 0.2) is 6.29 Å². The smallest absolute Gasteiger partial charge is 0.312 e. The fourth-order valence-corrected chi connectivity index (χ4v) is 2.63. The molecule has 2 fully saturated rings. The fourth-order valence-electron chi connectivity index (χ4n) is 2.63. The number of carbonyl (C=O) groups is 3. The Kier molecular flexibility index (Phi) is 29.7. The van der Waals surface area contributed by atoms with E-state index in [1.54, 1.807) is 72.5 Å². The molecule has 5 heterocycles. The van der Waals surface area contributed by atoms with Crippen molar-refractivity contribution in [2.24, 2.45) is 17.8 Å². The van der Waals surface area contributed by atoms with Crippen molar-refractivity contribution in [3.63, 3.8) is 0 Å². The minimum atomic E-state index is -0.791. The van der Waals surface area contributed by atoms with Gasteiger partial charge in [-0.15, -0.1) is 0 Å². The predicted molar refractivity (Wildman–Crippen MR) is 158 cm³/mol. The van der Waals surface area contributed by atoms with E-state index < -0.39 is 18.2 Å². The number of H-pyrrole nitrogens is 1. The number of aromatic nitrogens is 6. The molecule has 1 unspecified atom stereocenters. The van der Waals surface area contributed by atoms with E-state index in [0.29, 0.717) is 19.7 Å². The summed E-state index contributed by atoms with van der Waals surface area (Å²) in [5.74, 6) is -2.23. The van der Waals surface area contributed by atoms with Gasteiger partial charge in [0, 0.05) is 70.6 Å². The van der Waals surface area contributed by atoms with Crippen molar-refractivity contribution in [1.82, 2.24) is 29.8 Å². The number of hydrogen-bond donors (Lipinski definition) is 4. The minimum Gasteiger partial charge on any atom is -0.481 e. The number of nitrogens with one attached hydrogen (secondary N) is 1. The van der Waals surface area contributed by atoms with Crippen LogP contribution < -0.4 is 0 Å². The number of hydrogen-bond acceptors (Lipinski definition) is 9. The number of aromatic amines is 1. The number of carboxylic acids is 2. The molecule has 15 heteroatoms. The number of esters is 1. The van der Waals surface area contributed by atoms with Gasteiger partial charge in [0.05, 0.1) is 30.8 Å². The van der Waals surface area contributed by atoms with E-state index >= 15 is 0 Å². The van der Waals surface area contributed by atoms with Crippen LogP contribution in [0.3, 0.4) is 0 Å². The van der Waals surface area contributed by atoms with Crippen molar-refractivity contribution in [2.45, 2.75) is 67.8 Å². The summed E-state index contributed by atoms with van der Waals surface area (Å²) in [6.45, 7) is 7.39.